The van der Waals surface area contributed by atoms with E-state index >= 15 is 0 Å². The number of carbonyl (C=O) groups is 2. The quantitative estimate of drug-likeness (QED) is 0.203. The van der Waals surface area contributed by atoms with Crippen molar-refractivity contribution < 1.29 is 19.1 Å². The van der Waals surface area contributed by atoms with Crippen LogP contribution in [-0.4, -0.2) is 41.5 Å². The van der Waals surface area contributed by atoms with Crippen LogP contribution in [0.5, 0.6) is 5.75 Å². The van der Waals surface area contributed by atoms with E-state index in [0.29, 0.717) is 25.5 Å². The van der Waals surface area contributed by atoms with Gasteiger partial charge in [-0.25, -0.2) is 4.79 Å². The average molecular weight is 497 g/mol. The first-order valence-electron chi connectivity index (χ1n) is 12.5. The number of rotatable bonds is 11. The monoisotopic (exact) mass is 496 g/mol. The normalized spacial score (nSPS) is 11.1. The lowest BCUT2D eigenvalue weighted by atomic mass is 10.1. The smallest absolute Gasteiger partial charge is 0.330 e. The predicted molar refractivity (Wildman–Crippen MR) is 146 cm³/mol. The van der Waals surface area contributed by atoms with E-state index < -0.39 is 5.97 Å². The number of amides is 1. The molecule has 0 atom stereocenters. The van der Waals surface area contributed by atoms with E-state index in [1.54, 1.807) is 17.9 Å². The Labute approximate surface area is 217 Å². The molecule has 1 aromatic heterocycles. The maximum absolute atomic E-state index is 13.1. The third-order valence-electron chi connectivity index (χ3n) is 6.13. The topological polar surface area (TPSA) is 60.8 Å². The number of fused-ring (bicyclic) bond motifs is 1. The number of likely N-dealkylation sites (N-methyl/N-ethyl adjacent to an activating group) is 1. The maximum Gasteiger partial charge on any atom is 0.330 e. The van der Waals surface area contributed by atoms with Crippen molar-refractivity contribution in [1.29, 1.82) is 0 Å². The molecule has 0 bridgehead atoms. The number of carbonyl (C=O) groups excluding carboxylic acids is 2. The fraction of sp³-hybridized carbons (Fsp3) is 0.226. The van der Waals surface area contributed by atoms with Gasteiger partial charge in [0.1, 0.15) is 18.9 Å². The number of hydrogen-bond acceptors (Lipinski definition) is 4. The van der Waals surface area contributed by atoms with E-state index in [1.807, 2.05) is 84.5 Å². The molecule has 0 aliphatic carbocycles. The second-order valence-corrected chi connectivity index (χ2v) is 8.80. The number of esters is 1. The minimum absolute atomic E-state index is 0.0122. The molecule has 0 fully saturated rings. The Balaban J connectivity index is 1.53. The predicted octanol–water partition coefficient (Wildman–Crippen LogP) is 5.50. The Morgan fingerprint density at radius 1 is 0.946 bits per heavy atom. The summed E-state index contributed by atoms with van der Waals surface area (Å²) in [4.78, 5) is 26.7. The van der Waals surface area contributed by atoms with E-state index in [0.717, 1.165) is 28.5 Å². The van der Waals surface area contributed by atoms with E-state index in [9.17, 15) is 9.59 Å². The van der Waals surface area contributed by atoms with Gasteiger partial charge in [0.25, 0.3) is 0 Å². The molecule has 1 heterocycles. The minimum Gasteiger partial charge on any atom is -0.489 e. The SMILES string of the molecule is CCOC(=O)C=Cc1cn(CC(=O)N(C)CCc2ccccc2)c2ccc(OCc3ccccc3)cc12. The van der Waals surface area contributed by atoms with Gasteiger partial charge in [-0.15, -0.1) is 0 Å². The molecule has 3 aromatic carbocycles. The van der Waals surface area contributed by atoms with Crippen molar-refractivity contribution in [2.45, 2.75) is 26.5 Å². The summed E-state index contributed by atoms with van der Waals surface area (Å²) in [6.07, 6.45) is 5.82. The van der Waals surface area contributed by atoms with E-state index in [-0.39, 0.29) is 12.5 Å². The van der Waals surface area contributed by atoms with Crippen molar-refractivity contribution in [1.82, 2.24) is 9.47 Å². The van der Waals surface area contributed by atoms with Crippen LogP contribution in [0, 0.1) is 0 Å². The molecule has 0 N–H and O–H groups in total. The highest BCUT2D eigenvalue weighted by molar-refractivity contribution is 5.95. The second-order valence-electron chi connectivity index (χ2n) is 8.80. The lowest BCUT2D eigenvalue weighted by Crippen LogP contribution is -2.31. The molecule has 4 rings (SSSR count). The summed E-state index contributed by atoms with van der Waals surface area (Å²) >= 11 is 0. The van der Waals surface area contributed by atoms with Crippen molar-refractivity contribution >= 4 is 28.9 Å². The van der Waals surface area contributed by atoms with Gasteiger partial charge in [0.2, 0.25) is 5.91 Å². The molecule has 190 valence electrons. The van der Waals surface area contributed by atoms with Crippen molar-refractivity contribution in [3.05, 3.63) is 108 Å². The van der Waals surface area contributed by atoms with Gasteiger partial charge in [0.15, 0.2) is 0 Å². The summed E-state index contributed by atoms with van der Waals surface area (Å²) in [7, 11) is 1.83. The van der Waals surface area contributed by atoms with E-state index in [2.05, 4.69) is 12.1 Å². The fourth-order valence-corrected chi connectivity index (χ4v) is 4.08. The molecular formula is C31H32N2O4. The van der Waals surface area contributed by atoms with E-state index in [1.165, 1.54) is 11.6 Å². The molecule has 0 aliphatic heterocycles. The summed E-state index contributed by atoms with van der Waals surface area (Å²) in [5.41, 5.74) is 3.98. The molecule has 0 radical (unpaired) electrons. The number of benzene rings is 3. The van der Waals surface area contributed by atoms with Crippen LogP contribution in [0.4, 0.5) is 0 Å². The van der Waals surface area contributed by atoms with Crippen LogP contribution >= 0.6 is 0 Å². The van der Waals surface area contributed by atoms with Crippen LogP contribution in [0.2, 0.25) is 0 Å². The molecule has 0 saturated heterocycles. The summed E-state index contributed by atoms with van der Waals surface area (Å²) in [6.45, 7) is 3.36. The summed E-state index contributed by atoms with van der Waals surface area (Å²) in [5, 5.41) is 0.894. The van der Waals surface area contributed by atoms with Gasteiger partial charge in [-0.05, 0) is 48.7 Å². The van der Waals surface area contributed by atoms with Gasteiger partial charge >= 0.3 is 5.97 Å². The molecule has 4 aromatic rings. The zero-order chi connectivity index (χ0) is 26.0. The third-order valence-corrected chi connectivity index (χ3v) is 6.13. The molecule has 6 heteroatoms. The first kappa shape index (κ1) is 25.8. The molecule has 1 amide bonds. The Morgan fingerprint density at radius 2 is 1.65 bits per heavy atom. The summed E-state index contributed by atoms with van der Waals surface area (Å²) in [6, 6.07) is 25.9. The van der Waals surface area contributed by atoms with Crippen LogP contribution in [0.3, 0.4) is 0 Å². The minimum atomic E-state index is -0.406. The standard InChI is InChI=1S/C31H32N2O4/c1-3-36-31(35)17-14-26-21-33(22-30(34)32(2)19-18-24-10-6-4-7-11-24)29-16-15-27(20-28(26)29)37-23-25-12-8-5-9-13-25/h4-17,20-21H,3,18-19,22-23H2,1-2H3. The van der Waals surface area contributed by atoms with Gasteiger partial charge in [0.05, 0.1) is 6.61 Å². The lowest BCUT2D eigenvalue weighted by molar-refractivity contribution is -0.137. The number of nitrogens with zero attached hydrogens (tertiary/aromatic N) is 2. The van der Waals surface area contributed by atoms with Crippen LogP contribution in [0.25, 0.3) is 17.0 Å². The third kappa shape index (κ3) is 7.10. The van der Waals surface area contributed by atoms with Crippen LogP contribution in [0.1, 0.15) is 23.6 Å². The first-order chi connectivity index (χ1) is 18.0. The summed E-state index contributed by atoms with van der Waals surface area (Å²) in [5.74, 6) is 0.320. The maximum atomic E-state index is 13.1. The van der Waals surface area contributed by atoms with Gasteiger partial charge in [0, 0.05) is 42.3 Å². The van der Waals surface area contributed by atoms with Crippen LogP contribution < -0.4 is 4.74 Å². The van der Waals surface area contributed by atoms with E-state index in [4.69, 9.17) is 9.47 Å². The second kappa shape index (κ2) is 12.6. The summed E-state index contributed by atoms with van der Waals surface area (Å²) < 4.78 is 13.0. The van der Waals surface area contributed by atoms with Crippen molar-refractivity contribution in [3.63, 3.8) is 0 Å². The van der Waals surface area contributed by atoms with Gasteiger partial charge < -0.3 is 18.9 Å². The Bertz CT molecular complexity index is 1360. The van der Waals surface area contributed by atoms with Crippen molar-refractivity contribution in [3.8, 4) is 5.75 Å². The largest absolute Gasteiger partial charge is 0.489 e. The number of aromatic nitrogens is 1. The highest BCUT2D eigenvalue weighted by atomic mass is 16.5. The Hall–Kier alpha value is -4.32. The average Bonchev–Trinajstić information content (AvgIpc) is 3.27. The zero-order valence-corrected chi connectivity index (χ0v) is 21.3. The molecule has 37 heavy (non-hydrogen) atoms. The highest BCUT2D eigenvalue weighted by Gasteiger charge is 2.14. The van der Waals surface area contributed by atoms with Crippen LogP contribution in [-0.2, 0) is 33.9 Å². The molecule has 0 spiro atoms. The fourth-order valence-electron chi connectivity index (χ4n) is 4.08. The number of hydrogen-bond donors (Lipinski definition) is 0. The lowest BCUT2D eigenvalue weighted by Gasteiger charge is -2.18. The van der Waals surface area contributed by atoms with Gasteiger partial charge in [-0.3, -0.25) is 4.79 Å². The molecule has 6 nitrogen and oxygen atoms in total. The highest BCUT2D eigenvalue weighted by Crippen LogP contribution is 2.28. The molecule has 0 aliphatic rings. The first-order valence-corrected chi connectivity index (χ1v) is 12.5. The molecular weight excluding hydrogens is 464 g/mol. The Morgan fingerprint density at radius 3 is 2.35 bits per heavy atom. The molecule has 0 saturated carbocycles. The van der Waals surface area contributed by atoms with Crippen molar-refractivity contribution in [2.24, 2.45) is 0 Å². The van der Waals surface area contributed by atoms with Gasteiger partial charge in [-0.1, -0.05) is 60.7 Å². The molecule has 0 unspecified atom stereocenters. The number of ether oxygens (including phenoxy) is 2. The van der Waals surface area contributed by atoms with Gasteiger partial charge in [-0.2, -0.15) is 0 Å². The van der Waals surface area contributed by atoms with Crippen LogP contribution in [0.15, 0.2) is 91.1 Å². The Kier molecular flexibility index (Phi) is 8.76. The zero-order valence-electron chi connectivity index (χ0n) is 21.3. The van der Waals surface area contributed by atoms with Crippen molar-refractivity contribution in [2.75, 3.05) is 20.2 Å².